The van der Waals surface area contributed by atoms with Gasteiger partial charge >= 0.3 is 0 Å². The first-order valence-corrected chi connectivity index (χ1v) is 7.04. The standard InChI is InChI=1S/C15H22F2N2/c1-3-14-10-19(15(4-2)8-18-14)9-11-5-12(16)7-13(17)6-11/h5-7,14-15,18H,3-4,8-10H2,1-2H3. The highest BCUT2D eigenvalue weighted by Gasteiger charge is 2.25. The quantitative estimate of drug-likeness (QED) is 0.903. The number of benzene rings is 1. The van der Waals surface area contributed by atoms with E-state index in [9.17, 15) is 8.78 Å². The first kappa shape index (κ1) is 14.4. The van der Waals surface area contributed by atoms with Gasteiger partial charge in [-0.1, -0.05) is 13.8 Å². The molecule has 19 heavy (non-hydrogen) atoms. The first-order valence-electron chi connectivity index (χ1n) is 7.04. The fourth-order valence-electron chi connectivity index (χ4n) is 2.73. The average molecular weight is 268 g/mol. The lowest BCUT2D eigenvalue weighted by Gasteiger charge is -2.40. The number of nitrogens with one attached hydrogen (secondary N) is 1. The smallest absolute Gasteiger partial charge is 0.126 e. The highest BCUT2D eigenvalue weighted by atomic mass is 19.1. The summed E-state index contributed by atoms with van der Waals surface area (Å²) in [5.41, 5.74) is 0.715. The molecule has 2 rings (SSSR count). The van der Waals surface area contributed by atoms with Crippen molar-refractivity contribution in [2.24, 2.45) is 0 Å². The summed E-state index contributed by atoms with van der Waals surface area (Å²) in [5.74, 6) is -0.990. The van der Waals surface area contributed by atoms with Crippen molar-refractivity contribution in [1.29, 1.82) is 0 Å². The first-order chi connectivity index (χ1) is 9.12. The number of hydrogen-bond acceptors (Lipinski definition) is 2. The summed E-state index contributed by atoms with van der Waals surface area (Å²) in [6, 6.07) is 4.70. The zero-order valence-corrected chi connectivity index (χ0v) is 11.6. The molecular formula is C15H22F2N2. The van der Waals surface area contributed by atoms with Crippen molar-refractivity contribution in [2.75, 3.05) is 13.1 Å². The maximum Gasteiger partial charge on any atom is 0.126 e. The maximum atomic E-state index is 13.2. The molecule has 0 radical (unpaired) electrons. The Balaban J connectivity index is 2.09. The van der Waals surface area contributed by atoms with Crippen LogP contribution in [0.15, 0.2) is 18.2 Å². The second kappa shape index (κ2) is 6.44. The van der Waals surface area contributed by atoms with Crippen molar-refractivity contribution in [3.05, 3.63) is 35.4 Å². The molecule has 1 aliphatic heterocycles. The Kier molecular flexibility index (Phi) is 4.88. The Labute approximate surface area is 113 Å². The number of hydrogen-bond donors (Lipinski definition) is 1. The van der Waals surface area contributed by atoms with Crippen LogP contribution in [0.25, 0.3) is 0 Å². The molecule has 1 aromatic carbocycles. The molecular weight excluding hydrogens is 246 g/mol. The van der Waals surface area contributed by atoms with Gasteiger partial charge in [-0.15, -0.1) is 0 Å². The second-order valence-corrected chi connectivity index (χ2v) is 5.28. The molecule has 1 aliphatic rings. The summed E-state index contributed by atoms with van der Waals surface area (Å²) in [4.78, 5) is 2.33. The van der Waals surface area contributed by atoms with Crippen molar-refractivity contribution in [3.8, 4) is 0 Å². The molecule has 0 saturated carbocycles. The van der Waals surface area contributed by atoms with Gasteiger partial charge in [-0.2, -0.15) is 0 Å². The molecule has 2 atom stereocenters. The summed E-state index contributed by atoms with van der Waals surface area (Å²) in [6.07, 6.45) is 2.12. The minimum Gasteiger partial charge on any atom is -0.311 e. The lowest BCUT2D eigenvalue weighted by Crippen LogP contribution is -2.55. The third-order valence-electron chi connectivity index (χ3n) is 3.89. The Hall–Kier alpha value is -1.00. The number of rotatable bonds is 4. The van der Waals surface area contributed by atoms with Gasteiger partial charge in [-0.3, -0.25) is 4.90 Å². The van der Waals surface area contributed by atoms with E-state index >= 15 is 0 Å². The molecule has 1 N–H and O–H groups in total. The zero-order valence-electron chi connectivity index (χ0n) is 11.6. The van der Waals surface area contributed by atoms with Gasteiger partial charge < -0.3 is 5.32 Å². The van der Waals surface area contributed by atoms with Crippen LogP contribution in [-0.2, 0) is 6.54 Å². The van der Waals surface area contributed by atoms with Gasteiger partial charge in [0.05, 0.1) is 0 Å². The number of halogens is 2. The van der Waals surface area contributed by atoms with E-state index in [-0.39, 0.29) is 0 Å². The van der Waals surface area contributed by atoms with Gasteiger partial charge in [0.1, 0.15) is 11.6 Å². The summed E-state index contributed by atoms with van der Waals surface area (Å²) in [6.45, 7) is 6.81. The van der Waals surface area contributed by atoms with Crippen molar-refractivity contribution in [1.82, 2.24) is 10.2 Å². The predicted octanol–water partition coefficient (Wildman–Crippen LogP) is 2.93. The molecule has 2 unspecified atom stereocenters. The maximum absolute atomic E-state index is 13.2. The van der Waals surface area contributed by atoms with Crippen molar-refractivity contribution in [3.63, 3.8) is 0 Å². The number of piperazine rings is 1. The molecule has 1 fully saturated rings. The van der Waals surface area contributed by atoms with Crippen LogP contribution in [0.4, 0.5) is 8.78 Å². The van der Waals surface area contributed by atoms with E-state index in [0.29, 0.717) is 24.2 Å². The summed E-state index contributed by atoms with van der Waals surface area (Å²) in [5, 5.41) is 3.52. The zero-order chi connectivity index (χ0) is 13.8. The van der Waals surface area contributed by atoms with E-state index in [1.165, 1.54) is 12.1 Å². The molecule has 0 aromatic heterocycles. The highest BCUT2D eigenvalue weighted by molar-refractivity contribution is 5.18. The lowest BCUT2D eigenvalue weighted by atomic mass is 10.0. The Morgan fingerprint density at radius 3 is 2.42 bits per heavy atom. The second-order valence-electron chi connectivity index (χ2n) is 5.28. The van der Waals surface area contributed by atoms with Gasteiger partial charge in [0.15, 0.2) is 0 Å². The Bertz CT molecular complexity index is 402. The SMILES string of the molecule is CCC1CN(Cc2cc(F)cc(F)c2)C(CC)CN1. The molecule has 2 nitrogen and oxygen atoms in total. The van der Waals surface area contributed by atoms with Crippen LogP contribution in [0.3, 0.4) is 0 Å². The summed E-state index contributed by atoms with van der Waals surface area (Å²) < 4.78 is 26.5. The molecule has 0 amide bonds. The largest absolute Gasteiger partial charge is 0.311 e. The highest BCUT2D eigenvalue weighted by Crippen LogP contribution is 2.17. The molecule has 0 aliphatic carbocycles. The van der Waals surface area contributed by atoms with E-state index in [1.807, 2.05) is 0 Å². The minimum absolute atomic E-state index is 0.439. The minimum atomic E-state index is -0.495. The molecule has 4 heteroatoms. The van der Waals surface area contributed by atoms with E-state index < -0.39 is 11.6 Å². The molecule has 1 heterocycles. The molecule has 106 valence electrons. The van der Waals surface area contributed by atoms with Crippen molar-refractivity contribution >= 4 is 0 Å². The van der Waals surface area contributed by atoms with Gasteiger partial charge in [-0.25, -0.2) is 8.78 Å². The summed E-state index contributed by atoms with van der Waals surface area (Å²) >= 11 is 0. The van der Waals surface area contributed by atoms with Crippen molar-refractivity contribution < 1.29 is 8.78 Å². The van der Waals surface area contributed by atoms with Gasteiger partial charge in [0, 0.05) is 37.8 Å². The third kappa shape index (κ3) is 3.74. The molecule has 1 aromatic rings. The van der Waals surface area contributed by atoms with E-state index in [4.69, 9.17) is 0 Å². The van der Waals surface area contributed by atoms with Crippen LogP contribution in [0, 0.1) is 11.6 Å². The van der Waals surface area contributed by atoms with Crippen LogP contribution < -0.4 is 5.32 Å². The lowest BCUT2D eigenvalue weighted by molar-refractivity contribution is 0.117. The van der Waals surface area contributed by atoms with E-state index in [2.05, 4.69) is 24.1 Å². The van der Waals surface area contributed by atoms with Gasteiger partial charge in [-0.05, 0) is 30.5 Å². The molecule has 0 bridgehead atoms. The average Bonchev–Trinajstić information content (AvgIpc) is 2.37. The predicted molar refractivity (Wildman–Crippen MR) is 72.9 cm³/mol. The van der Waals surface area contributed by atoms with Crippen LogP contribution in [0.1, 0.15) is 32.3 Å². The Morgan fingerprint density at radius 2 is 1.84 bits per heavy atom. The molecule has 1 saturated heterocycles. The fraction of sp³-hybridized carbons (Fsp3) is 0.600. The molecule has 0 spiro atoms. The van der Waals surface area contributed by atoms with Crippen LogP contribution >= 0.6 is 0 Å². The van der Waals surface area contributed by atoms with Crippen LogP contribution in [-0.4, -0.2) is 30.1 Å². The summed E-state index contributed by atoms with van der Waals surface area (Å²) in [7, 11) is 0. The number of nitrogens with zero attached hydrogens (tertiary/aromatic N) is 1. The van der Waals surface area contributed by atoms with E-state index in [1.54, 1.807) is 0 Å². The monoisotopic (exact) mass is 268 g/mol. The van der Waals surface area contributed by atoms with E-state index in [0.717, 1.165) is 32.0 Å². The van der Waals surface area contributed by atoms with Gasteiger partial charge in [0.25, 0.3) is 0 Å². The topological polar surface area (TPSA) is 15.3 Å². The Morgan fingerprint density at radius 1 is 1.16 bits per heavy atom. The van der Waals surface area contributed by atoms with Crippen molar-refractivity contribution in [2.45, 2.75) is 45.3 Å². The van der Waals surface area contributed by atoms with Crippen LogP contribution in [0.5, 0.6) is 0 Å². The third-order valence-corrected chi connectivity index (χ3v) is 3.89. The van der Waals surface area contributed by atoms with Crippen LogP contribution in [0.2, 0.25) is 0 Å². The fourth-order valence-corrected chi connectivity index (χ4v) is 2.73. The normalized spacial score (nSPS) is 24.6. The van der Waals surface area contributed by atoms with Gasteiger partial charge in [0.2, 0.25) is 0 Å².